The molecule has 0 aliphatic heterocycles. The third-order valence-corrected chi connectivity index (χ3v) is 2.79. The second-order valence-electron chi connectivity index (χ2n) is 3.86. The van der Waals surface area contributed by atoms with Crippen molar-refractivity contribution in [3.63, 3.8) is 0 Å². The Kier molecular flexibility index (Phi) is 4.61. The number of hydrogen-bond donors (Lipinski definition) is 2. The topological polar surface area (TPSA) is 49.3 Å². The van der Waals surface area contributed by atoms with Gasteiger partial charge in [-0.1, -0.05) is 0 Å². The maximum atomic E-state index is 12.1. The van der Waals surface area contributed by atoms with E-state index in [1.165, 1.54) is 25.1 Å². The molecule has 0 saturated heterocycles. The Labute approximate surface area is 110 Å². The lowest BCUT2D eigenvalue weighted by atomic mass is 10.1. The van der Waals surface area contributed by atoms with E-state index in [0.29, 0.717) is 4.47 Å². The van der Waals surface area contributed by atoms with E-state index in [0.717, 1.165) is 0 Å². The van der Waals surface area contributed by atoms with Crippen molar-refractivity contribution in [2.75, 3.05) is 0 Å². The van der Waals surface area contributed by atoms with Gasteiger partial charge in [-0.15, -0.1) is 0 Å². The summed E-state index contributed by atoms with van der Waals surface area (Å²) in [5, 5.41) is 11.6. The zero-order valence-corrected chi connectivity index (χ0v) is 11.0. The molecule has 1 unspecified atom stereocenters. The summed E-state index contributed by atoms with van der Waals surface area (Å²) in [6.07, 6.45) is -5.42. The van der Waals surface area contributed by atoms with Crippen LogP contribution in [-0.2, 0) is 0 Å². The van der Waals surface area contributed by atoms with E-state index in [1.54, 1.807) is 0 Å². The van der Waals surface area contributed by atoms with Crippen molar-refractivity contribution >= 4 is 21.8 Å². The van der Waals surface area contributed by atoms with Crippen LogP contribution in [0.25, 0.3) is 0 Å². The van der Waals surface area contributed by atoms with E-state index in [1.807, 2.05) is 0 Å². The van der Waals surface area contributed by atoms with Crippen LogP contribution in [-0.4, -0.2) is 23.2 Å². The van der Waals surface area contributed by atoms with Gasteiger partial charge in [0.2, 0.25) is 0 Å². The van der Waals surface area contributed by atoms with Gasteiger partial charge in [-0.2, -0.15) is 13.2 Å². The molecule has 0 aliphatic carbocycles. The van der Waals surface area contributed by atoms with Crippen LogP contribution < -0.4 is 5.32 Å². The summed E-state index contributed by atoms with van der Waals surface area (Å²) in [5.41, 5.74) is 0.102. The number of hydrogen-bond acceptors (Lipinski definition) is 2. The molecule has 0 bridgehead atoms. The first-order chi connectivity index (χ1) is 8.19. The molecule has 0 heterocycles. The summed E-state index contributed by atoms with van der Waals surface area (Å²) in [4.78, 5) is 11.6. The van der Waals surface area contributed by atoms with E-state index in [9.17, 15) is 23.1 Å². The molecule has 2 N–H and O–H groups in total. The first-order valence-corrected chi connectivity index (χ1v) is 5.84. The first kappa shape index (κ1) is 14.8. The highest BCUT2D eigenvalue weighted by Gasteiger charge is 2.30. The summed E-state index contributed by atoms with van der Waals surface area (Å²) < 4.78 is 36.6. The molecule has 1 aromatic rings. The van der Waals surface area contributed by atoms with Crippen molar-refractivity contribution in [2.24, 2.45) is 0 Å². The molecule has 0 spiro atoms. The lowest BCUT2D eigenvalue weighted by Crippen LogP contribution is -2.35. The highest BCUT2D eigenvalue weighted by molar-refractivity contribution is 9.10. The van der Waals surface area contributed by atoms with Crippen LogP contribution in [0.15, 0.2) is 22.7 Å². The second kappa shape index (κ2) is 5.60. The average Bonchev–Trinajstić information content (AvgIpc) is 2.18. The number of phenols is 1. The fraction of sp³-hybridized carbons (Fsp3) is 0.364. The maximum absolute atomic E-state index is 12.1. The van der Waals surface area contributed by atoms with Crippen LogP contribution in [0.5, 0.6) is 5.75 Å². The van der Waals surface area contributed by atoms with Crippen molar-refractivity contribution < 1.29 is 23.1 Å². The van der Waals surface area contributed by atoms with Crippen molar-refractivity contribution in [3.8, 4) is 5.75 Å². The highest BCUT2D eigenvalue weighted by Crippen LogP contribution is 2.25. The molecule has 3 nitrogen and oxygen atoms in total. The summed E-state index contributed by atoms with van der Waals surface area (Å²) in [7, 11) is 0. The monoisotopic (exact) mass is 325 g/mol. The Balaban J connectivity index is 2.68. The van der Waals surface area contributed by atoms with Crippen molar-refractivity contribution in [1.29, 1.82) is 0 Å². The fourth-order valence-electron chi connectivity index (χ4n) is 1.36. The molecule has 0 aromatic heterocycles. The van der Waals surface area contributed by atoms with Crippen LogP contribution in [0, 0.1) is 0 Å². The Morgan fingerprint density at radius 2 is 2.11 bits per heavy atom. The van der Waals surface area contributed by atoms with Gasteiger partial charge in [-0.25, -0.2) is 0 Å². The molecular formula is C11H11BrF3NO2. The van der Waals surface area contributed by atoms with Gasteiger partial charge in [0.25, 0.3) is 5.91 Å². The number of phenolic OH excluding ortho intramolecular Hbond substituents is 1. The molecular weight excluding hydrogens is 315 g/mol. The SMILES string of the molecule is CC(CC(F)(F)F)NC(=O)c1ccc(Br)c(O)c1. The number of halogens is 4. The predicted octanol–water partition coefficient (Wildman–Crippen LogP) is 3.23. The number of benzene rings is 1. The summed E-state index contributed by atoms with van der Waals surface area (Å²) in [5.74, 6) is -0.805. The summed E-state index contributed by atoms with van der Waals surface area (Å²) in [6.45, 7) is 1.27. The maximum Gasteiger partial charge on any atom is 0.391 e. The largest absolute Gasteiger partial charge is 0.507 e. The molecule has 0 aliphatic rings. The van der Waals surface area contributed by atoms with Crippen molar-refractivity contribution in [1.82, 2.24) is 5.32 Å². The highest BCUT2D eigenvalue weighted by atomic mass is 79.9. The Bertz CT molecular complexity index is 448. The number of carbonyl (C=O) groups excluding carboxylic acids is 1. The lowest BCUT2D eigenvalue weighted by Gasteiger charge is -2.15. The number of aromatic hydroxyl groups is 1. The van der Waals surface area contributed by atoms with E-state index in [-0.39, 0.29) is 11.3 Å². The van der Waals surface area contributed by atoms with Crippen molar-refractivity contribution in [3.05, 3.63) is 28.2 Å². The number of nitrogens with one attached hydrogen (secondary N) is 1. The summed E-state index contributed by atoms with van der Waals surface area (Å²) in [6, 6.07) is 3.00. The minimum absolute atomic E-state index is 0.102. The summed E-state index contributed by atoms with van der Waals surface area (Å²) >= 11 is 3.04. The zero-order valence-electron chi connectivity index (χ0n) is 9.38. The number of alkyl halides is 3. The fourth-order valence-corrected chi connectivity index (χ4v) is 1.61. The minimum Gasteiger partial charge on any atom is -0.507 e. The van der Waals surface area contributed by atoms with Gasteiger partial charge in [0.15, 0.2) is 0 Å². The molecule has 0 saturated carbocycles. The first-order valence-electron chi connectivity index (χ1n) is 5.05. The van der Waals surface area contributed by atoms with E-state index in [2.05, 4.69) is 21.2 Å². The standard InChI is InChI=1S/C11H11BrF3NO2/c1-6(5-11(13,14)15)16-10(18)7-2-3-8(12)9(17)4-7/h2-4,6,17H,5H2,1H3,(H,16,18). The molecule has 1 amide bonds. The minimum atomic E-state index is -4.32. The molecule has 1 aromatic carbocycles. The number of carbonyl (C=O) groups is 1. The lowest BCUT2D eigenvalue weighted by molar-refractivity contribution is -0.138. The third-order valence-electron chi connectivity index (χ3n) is 2.12. The molecule has 1 atom stereocenters. The van der Waals surface area contributed by atoms with Crippen LogP contribution in [0.3, 0.4) is 0 Å². The van der Waals surface area contributed by atoms with E-state index in [4.69, 9.17) is 0 Å². The Morgan fingerprint density at radius 1 is 1.50 bits per heavy atom. The normalized spacial score (nSPS) is 13.2. The Morgan fingerprint density at radius 3 is 2.61 bits per heavy atom. The third kappa shape index (κ3) is 4.56. The predicted molar refractivity (Wildman–Crippen MR) is 63.4 cm³/mol. The average molecular weight is 326 g/mol. The van der Waals surface area contributed by atoms with Crippen LogP contribution >= 0.6 is 15.9 Å². The van der Waals surface area contributed by atoms with Gasteiger partial charge >= 0.3 is 6.18 Å². The number of amides is 1. The van der Waals surface area contributed by atoms with Gasteiger partial charge < -0.3 is 10.4 Å². The smallest absolute Gasteiger partial charge is 0.391 e. The molecule has 18 heavy (non-hydrogen) atoms. The van der Waals surface area contributed by atoms with Gasteiger partial charge in [-0.05, 0) is 41.1 Å². The molecule has 100 valence electrons. The van der Waals surface area contributed by atoms with Crippen LogP contribution in [0.2, 0.25) is 0 Å². The Hall–Kier alpha value is -1.24. The number of rotatable bonds is 3. The molecule has 7 heteroatoms. The van der Waals surface area contributed by atoms with Gasteiger partial charge in [0.05, 0.1) is 10.9 Å². The van der Waals surface area contributed by atoms with Crippen LogP contribution in [0.4, 0.5) is 13.2 Å². The van der Waals surface area contributed by atoms with Gasteiger partial charge in [-0.3, -0.25) is 4.79 Å². The second-order valence-corrected chi connectivity index (χ2v) is 4.71. The van der Waals surface area contributed by atoms with E-state index >= 15 is 0 Å². The quantitative estimate of drug-likeness (QED) is 0.896. The molecule has 1 rings (SSSR count). The molecule has 0 radical (unpaired) electrons. The zero-order chi connectivity index (χ0) is 13.9. The van der Waals surface area contributed by atoms with E-state index < -0.39 is 24.5 Å². The molecule has 0 fully saturated rings. The van der Waals surface area contributed by atoms with Crippen LogP contribution in [0.1, 0.15) is 23.7 Å². The van der Waals surface area contributed by atoms with Gasteiger partial charge in [0, 0.05) is 11.6 Å². The van der Waals surface area contributed by atoms with Gasteiger partial charge in [0.1, 0.15) is 5.75 Å². The van der Waals surface area contributed by atoms with Crippen molar-refractivity contribution in [2.45, 2.75) is 25.6 Å².